The third-order valence-electron chi connectivity index (χ3n) is 2.20. The molecule has 0 rings (SSSR count). The van der Waals surface area contributed by atoms with Gasteiger partial charge >= 0.3 is 0 Å². The highest BCUT2D eigenvalue weighted by Crippen LogP contribution is 2.15. The molecule has 64 valence electrons. The lowest BCUT2D eigenvalue weighted by Gasteiger charge is -2.07. The van der Waals surface area contributed by atoms with E-state index in [1.54, 1.807) is 0 Å². The zero-order chi connectivity index (χ0) is 8.53. The molecule has 0 fully saturated rings. The first-order chi connectivity index (χ1) is 5.31. The van der Waals surface area contributed by atoms with E-state index in [4.69, 9.17) is 0 Å². The first-order valence-electron chi connectivity index (χ1n) is 5.06. The largest absolute Gasteiger partial charge is 0.123 e. The van der Waals surface area contributed by atoms with Crippen LogP contribution in [0.2, 0.25) is 4.78 Å². The van der Waals surface area contributed by atoms with Gasteiger partial charge in [-0.1, -0.05) is 58.8 Å². The summed E-state index contributed by atoms with van der Waals surface area (Å²) in [7, 11) is 0. The van der Waals surface area contributed by atoms with Crippen molar-refractivity contribution >= 4 is 16.3 Å². The van der Waals surface area contributed by atoms with Crippen LogP contribution in [0.3, 0.4) is 0 Å². The summed E-state index contributed by atoms with van der Waals surface area (Å²) in [5.74, 6) is 0. The first kappa shape index (κ1) is 11.5. The van der Waals surface area contributed by atoms with E-state index < -0.39 is 0 Å². The van der Waals surface area contributed by atoms with E-state index in [-0.39, 0.29) is 0 Å². The molecule has 0 bridgehead atoms. The number of rotatable bonds is 7. The van der Waals surface area contributed by atoms with Gasteiger partial charge in [-0.2, -0.15) is 0 Å². The van der Waals surface area contributed by atoms with E-state index in [9.17, 15) is 0 Å². The van der Waals surface area contributed by atoms with Crippen LogP contribution in [-0.2, 0) is 0 Å². The van der Waals surface area contributed by atoms with Crippen molar-refractivity contribution in [2.24, 2.45) is 0 Å². The van der Waals surface area contributed by atoms with Crippen molar-refractivity contribution in [2.75, 3.05) is 0 Å². The average molecular weight is 168 g/mol. The van der Waals surface area contributed by atoms with Gasteiger partial charge in [0.05, 0.1) is 0 Å². The van der Waals surface area contributed by atoms with E-state index in [1.807, 2.05) is 0 Å². The maximum atomic E-state index is 2.93. The quantitative estimate of drug-likeness (QED) is 0.401. The fourth-order valence-electron chi connectivity index (χ4n) is 1.21. The number of hydrogen-bond donors (Lipinski definition) is 0. The molecule has 1 heteroatoms. The van der Waals surface area contributed by atoms with Gasteiger partial charge < -0.3 is 0 Å². The van der Waals surface area contributed by atoms with Crippen molar-refractivity contribution in [3.63, 3.8) is 0 Å². The average Bonchev–Trinajstić information content (AvgIpc) is 2.04. The molecule has 0 aliphatic rings. The molecular formula is C10H21Al. The van der Waals surface area contributed by atoms with Crippen molar-refractivity contribution in [1.29, 1.82) is 0 Å². The highest BCUT2D eigenvalue weighted by atomic mass is 27.0. The van der Waals surface area contributed by atoms with Gasteiger partial charge in [-0.3, -0.25) is 0 Å². The Balaban J connectivity index is 2.89. The van der Waals surface area contributed by atoms with Gasteiger partial charge in [-0.15, -0.1) is 4.78 Å². The molecule has 1 unspecified atom stereocenters. The van der Waals surface area contributed by atoms with Crippen LogP contribution in [0.5, 0.6) is 0 Å². The molecule has 0 aromatic rings. The van der Waals surface area contributed by atoms with Crippen molar-refractivity contribution in [3.05, 3.63) is 0 Å². The SMILES string of the molecule is CCCCCCC[CH]([Al])CC. The van der Waals surface area contributed by atoms with Crippen molar-refractivity contribution < 1.29 is 0 Å². The van der Waals surface area contributed by atoms with Crippen molar-refractivity contribution in [1.82, 2.24) is 0 Å². The molecule has 0 N–H and O–H groups in total. The van der Waals surface area contributed by atoms with Crippen LogP contribution >= 0.6 is 0 Å². The molecule has 0 spiro atoms. The summed E-state index contributed by atoms with van der Waals surface area (Å²) in [6.07, 6.45) is 9.83. The standard InChI is InChI=1S/C10H21.Al/c1-3-5-7-9-10-8-6-4-2;/h5H,3-4,6-10H2,1-2H3;. The second kappa shape index (κ2) is 8.63. The molecular weight excluding hydrogens is 147 g/mol. The van der Waals surface area contributed by atoms with E-state index >= 15 is 0 Å². The molecule has 0 aromatic carbocycles. The lowest BCUT2D eigenvalue weighted by atomic mass is 10.1. The topological polar surface area (TPSA) is 0 Å². The van der Waals surface area contributed by atoms with E-state index in [2.05, 4.69) is 30.1 Å². The lowest BCUT2D eigenvalue weighted by molar-refractivity contribution is 0.585. The van der Waals surface area contributed by atoms with Crippen LogP contribution in [0.1, 0.15) is 58.8 Å². The summed E-state index contributed by atoms with van der Waals surface area (Å²) in [5, 5.41) is 0. The third-order valence-corrected chi connectivity index (χ3v) is 3.01. The van der Waals surface area contributed by atoms with E-state index in [1.165, 1.54) is 44.9 Å². The summed E-state index contributed by atoms with van der Waals surface area (Å²) in [5.41, 5.74) is 0. The summed E-state index contributed by atoms with van der Waals surface area (Å²) in [6, 6.07) is 0. The Labute approximate surface area is 80.2 Å². The summed E-state index contributed by atoms with van der Waals surface area (Å²) < 4.78 is 0.872. The minimum absolute atomic E-state index is 0.872. The normalized spacial score (nSPS) is 13.3. The van der Waals surface area contributed by atoms with E-state index in [0.29, 0.717) is 0 Å². The van der Waals surface area contributed by atoms with E-state index in [0.717, 1.165) is 4.78 Å². The Morgan fingerprint density at radius 3 is 2.18 bits per heavy atom. The number of hydrogen-bond acceptors (Lipinski definition) is 0. The van der Waals surface area contributed by atoms with Crippen LogP contribution < -0.4 is 0 Å². The summed E-state index contributed by atoms with van der Waals surface area (Å²) in [4.78, 5) is 0. The smallest absolute Gasteiger partial charge is 0.107 e. The highest BCUT2D eigenvalue weighted by molar-refractivity contribution is 6.11. The number of unbranched alkanes of at least 4 members (excludes halogenated alkanes) is 4. The molecule has 0 aliphatic carbocycles. The Hall–Kier alpha value is 0.532. The molecule has 0 saturated carbocycles. The minimum Gasteiger partial charge on any atom is -0.107 e. The molecule has 1 atom stereocenters. The van der Waals surface area contributed by atoms with Crippen LogP contribution in [0.25, 0.3) is 0 Å². The monoisotopic (exact) mass is 168 g/mol. The maximum absolute atomic E-state index is 2.93. The van der Waals surface area contributed by atoms with Gasteiger partial charge in [-0.05, 0) is 0 Å². The molecule has 0 nitrogen and oxygen atoms in total. The second-order valence-electron chi connectivity index (χ2n) is 3.37. The Kier molecular flexibility index (Phi) is 9.05. The van der Waals surface area contributed by atoms with Crippen LogP contribution in [0.15, 0.2) is 0 Å². The zero-order valence-electron chi connectivity index (χ0n) is 8.10. The first-order valence-corrected chi connectivity index (χ1v) is 5.73. The molecule has 0 amide bonds. The van der Waals surface area contributed by atoms with Crippen molar-refractivity contribution in [2.45, 2.75) is 63.6 Å². The molecule has 2 radical (unpaired) electrons. The minimum atomic E-state index is 0.872. The second-order valence-corrected chi connectivity index (χ2v) is 4.31. The van der Waals surface area contributed by atoms with Crippen molar-refractivity contribution in [3.8, 4) is 0 Å². The van der Waals surface area contributed by atoms with Gasteiger partial charge in [0.2, 0.25) is 0 Å². The van der Waals surface area contributed by atoms with Gasteiger partial charge in [0, 0.05) is 0 Å². The zero-order valence-corrected chi connectivity index (χ0v) is 9.26. The van der Waals surface area contributed by atoms with Crippen LogP contribution in [0.4, 0.5) is 0 Å². The molecule has 11 heavy (non-hydrogen) atoms. The predicted octanol–water partition coefficient (Wildman–Crippen LogP) is 3.71. The summed E-state index contributed by atoms with van der Waals surface area (Å²) >= 11 is 2.93. The Morgan fingerprint density at radius 2 is 1.64 bits per heavy atom. The fraction of sp³-hybridized carbons (Fsp3) is 1.00. The van der Waals surface area contributed by atoms with Gasteiger partial charge in [-0.25, -0.2) is 0 Å². The van der Waals surface area contributed by atoms with Gasteiger partial charge in [0.15, 0.2) is 0 Å². The molecule has 0 heterocycles. The fourth-order valence-corrected chi connectivity index (χ4v) is 1.45. The summed E-state index contributed by atoms with van der Waals surface area (Å²) in [6.45, 7) is 4.54. The third kappa shape index (κ3) is 8.44. The molecule has 0 aliphatic heterocycles. The molecule has 0 aromatic heterocycles. The van der Waals surface area contributed by atoms with Gasteiger partial charge in [0.1, 0.15) is 16.3 Å². The van der Waals surface area contributed by atoms with Crippen LogP contribution in [0, 0.1) is 0 Å². The Bertz CT molecular complexity index is 71.3. The molecule has 0 saturated heterocycles. The highest BCUT2D eigenvalue weighted by Gasteiger charge is 1.96. The van der Waals surface area contributed by atoms with Crippen LogP contribution in [-0.4, -0.2) is 16.3 Å². The predicted molar refractivity (Wildman–Crippen MR) is 53.2 cm³/mol. The Morgan fingerprint density at radius 1 is 1.00 bits per heavy atom. The maximum Gasteiger partial charge on any atom is 0.123 e. The lowest BCUT2D eigenvalue weighted by Crippen LogP contribution is -1.89. The van der Waals surface area contributed by atoms with Gasteiger partial charge in [0.25, 0.3) is 0 Å².